The van der Waals surface area contributed by atoms with E-state index in [9.17, 15) is 4.79 Å². The highest BCUT2D eigenvalue weighted by atomic mass is 16.2. The maximum Gasteiger partial charge on any atom is 0.246 e. The van der Waals surface area contributed by atoms with Crippen LogP contribution in [0, 0.1) is 5.92 Å². The minimum absolute atomic E-state index is 0.105. The molecule has 1 aromatic heterocycles. The molecule has 0 spiro atoms. The summed E-state index contributed by atoms with van der Waals surface area (Å²) in [5, 5.41) is 0. The summed E-state index contributed by atoms with van der Waals surface area (Å²) in [5.41, 5.74) is 1.06. The molecule has 4 heteroatoms. The molecule has 2 aliphatic rings. The lowest BCUT2D eigenvalue weighted by atomic mass is 9.97. The van der Waals surface area contributed by atoms with E-state index < -0.39 is 0 Å². The van der Waals surface area contributed by atoms with Gasteiger partial charge in [-0.3, -0.25) is 4.79 Å². The van der Waals surface area contributed by atoms with Crippen LogP contribution in [0.4, 0.5) is 0 Å². The standard InChI is InChI=1S/C21H25N3O/c25-20(11-10-17-5-2-1-3-6-17)23-13-4-7-19(16-23)21-22-12-14-24(21)15-18-8-9-18/h1-3,5-6,10-12,14,18-19H,4,7-9,13,15-16H2/b11-10+. The van der Waals surface area contributed by atoms with Crippen LogP contribution < -0.4 is 0 Å². The molecule has 130 valence electrons. The number of carbonyl (C=O) groups excluding carboxylic acids is 1. The molecule has 2 fully saturated rings. The number of nitrogens with zero attached hydrogens (tertiary/aromatic N) is 3. The van der Waals surface area contributed by atoms with Gasteiger partial charge in [0.1, 0.15) is 5.82 Å². The molecule has 0 radical (unpaired) electrons. The van der Waals surface area contributed by atoms with E-state index in [2.05, 4.69) is 15.7 Å². The largest absolute Gasteiger partial charge is 0.338 e. The first-order chi connectivity index (χ1) is 12.3. The van der Waals surface area contributed by atoms with Gasteiger partial charge in [0.15, 0.2) is 0 Å². The molecule has 1 aromatic carbocycles. The second-order valence-electron chi connectivity index (χ2n) is 7.25. The molecule has 4 nitrogen and oxygen atoms in total. The molecule has 1 unspecified atom stereocenters. The van der Waals surface area contributed by atoms with Crippen LogP contribution in [0.1, 0.15) is 43.0 Å². The first-order valence-corrected chi connectivity index (χ1v) is 9.32. The molecule has 25 heavy (non-hydrogen) atoms. The zero-order chi connectivity index (χ0) is 17.1. The first-order valence-electron chi connectivity index (χ1n) is 9.32. The molecular weight excluding hydrogens is 310 g/mol. The van der Waals surface area contributed by atoms with Gasteiger partial charge in [-0.15, -0.1) is 0 Å². The van der Waals surface area contributed by atoms with E-state index in [-0.39, 0.29) is 5.91 Å². The summed E-state index contributed by atoms with van der Waals surface area (Å²) in [6.07, 6.45) is 12.5. The minimum atomic E-state index is 0.105. The van der Waals surface area contributed by atoms with Crippen LogP contribution in [0.5, 0.6) is 0 Å². The van der Waals surface area contributed by atoms with Crippen molar-refractivity contribution in [3.05, 3.63) is 60.2 Å². The second-order valence-corrected chi connectivity index (χ2v) is 7.25. The number of benzene rings is 1. The van der Waals surface area contributed by atoms with Gasteiger partial charge in [0, 0.05) is 44.0 Å². The number of hydrogen-bond donors (Lipinski definition) is 0. The highest BCUT2D eigenvalue weighted by molar-refractivity contribution is 5.91. The molecule has 1 saturated carbocycles. The van der Waals surface area contributed by atoms with Gasteiger partial charge < -0.3 is 9.47 Å². The number of piperidine rings is 1. The lowest BCUT2D eigenvalue weighted by Crippen LogP contribution is -2.38. The summed E-state index contributed by atoms with van der Waals surface area (Å²) in [5.74, 6) is 2.46. The Labute approximate surface area is 149 Å². The van der Waals surface area contributed by atoms with Crippen molar-refractivity contribution < 1.29 is 4.79 Å². The predicted molar refractivity (Wildman–Crippen MR) is 99.0 cm³/mol. The number of hydrogen-bond acceptors (Lipinski definition) is 2. The monoisotopic (exact) mass is 335 g/mol. The van der Waals surface area contributed by atoms with Crippen LogP contribution in [-0.4, -0.2) is 33.4 Å². The summed E-state index contributed by atoms with van der Waals surface area (Å²) in [6, 6.07) is 9.98. The maximum absolute atomic E-state index is 12.6. The zero-order valence-electron chi connectivity index (χ0n) is 14.6. The number of amides is 1. The van der Waals surface area contributed by atoms with Gasteiger partial charge in [0.25, 0.3) is 0 Å². The fourth-order valence-electron chi connectivity index (χ4n) is 3.64. The first kappa shape index (κ1) is 16.1. The van der Waals surface area contributed by atoms with E-state index >= 15 is 0 Å². The van der Waals surface area contributed by atoms with E-state index in [1.54, 1.807) is 6.08 Å². The lowest BCUT2D eigenvalue weighted by molar-refractivity contribution is -0.127. The molecule has 2 heterocycles. The van der Waals surface area contributed by atoms with E-state index in [1.165, 1.54) is 12.8 Å². The van der Waals surface area contributed by atoms with Gasteiger partial charge in [0.2, 0.25) is 5.91 Å². The van der Waals surface area contributed by atoms with Crippen molar-refractivity contribution in [2.45, 2.75) is 38.1 Å². The summed E-state index contributed by atoms with van der Waals surface area (Å²) in [7, 11) is 0. The number of rotatable bonds is 5. The number of imidazole rings is 1. The van der Waals surface area contributed by atoms with Gasteiger partial charge in [-0.2, -0.15) is 0 Å². The smallest absolute Gasteiger partial charge is 0.246 e. The zero-order valence-corrected chi connectivity index (χ0v) is 14.6. The topological polar surface area (TPSA) is 38.1 Å². The molecule has 2 aromatic rings. The lowest BCUT2D eigenvalue weighted by Gasteiger charge is -2.32. The number of aromatic nitrogens is 2. The number of likely N-dealkylation sites (tertiary alicyclic amines) is 1. The van der Waals surface area contributed by atoms with Crippen molar-refractivity contribution in [2.75, 3.05) is 13.1 Å². The predicted octanol–water partition coefficient (Wildman–Crippen LogP) is 3.71. The average Bonchev–Trinajstić information content (AvgIpc) is 3.35. The van der Waals surface area contributed by atoms with Crippen LogP contribution in [0.15, 0.2) is 48.8 Å². The van der Waals surface area contributed by atoms with Crippen molar-refractivity contribution in [3.63, 3.8) is 0 Å². The third-order valence-corrected chi connectivity index (χ3v) is 5.22. The maximum atomic E-state index is 12.6. The van der Waals surface area contributed by atoms with E-state index in [1.807, 2.05) is 47.5 Å². The van der Waals surface area contributed by atoms with Crippen molar-refractivity contribution in [2.24, 2.45) is 5.92 Å². The van der Waals surface area contributed by atoms with Gasteiger partial charge >= 0.3 is 0 Å². The summed E-state index contributed by atoms with van der Waals surface area (Å²) < 4.78 is 2.32. The summed E-state index contributed by atoms with van der Waals surface area (Å²) in [6.45, 7) is 2.71. The quantitative estimate of drug-likeness (QED) is 0.781. The molecule has 1 saturated heterocycles. The Bertz CT molecular complexity index is 746. The Morgan fingerprint density at radius 3 is 2.84 bits per heavy atom. The van der Waals surface area contributed by atoms with Crippen molar-refractivity contribution in [1.82, 2.24) is 14.5 Å². The molecule has 1 aliphatic carbocycles. The van der Waals surface area contributed by atoms with Crippen LogP contribution in [0.2, 0.25) is 0 Å². The molecule has 4 rings (SSSR count). The van der Waals surface area contributed by atoms with Gasteiger partial charge in [0.05, 0.1) is 0 Å². The van der Waals surface area contributed by atoms with Crippen LogP contribution in [-0.2, 0) is 11.3 Å². The minimum Gasteiger partial charge on any atom is -0.338 e. The number of carbonyl (C=O) groups is 1. The molecule has 0 N–H and O–H groups in total. The molecule has 1 amide bonds. The van der Waals surface area contributed by atoms with Crippen molar-refractivity contribution >= 4 is 12.0 Å². The molecule has 1 aliphatic heterocycles. The Morgan fingerprint density at radius 1 is 1.20 bits per heavy atom. The van der Waals surface area contributed by atoms with E-state index in [4.69, 9.17) is 0 Å². The van der Waals surface area contributed by atoms with Gasteiger partial charge in [-0.05, 0) is 43.2 Å². The Morgan fingerprint density at radius 2 is 2.04 bits per heavy atom. The summed E-state index contributed by atoms with van der Waals surface area (Å²) in [4.78, 5) is 19.2. The van der Waals surface area contributed by atoms with Gasteiger partial charge in [-0.25, -0.2) is 4.98 Å². The average molecular weight is 335 g/mol. The third kappa shape index (κ3) is 4.01. The van der Waals surface area contributed by atoms with Crippen molar-refractivity contribution in [1.29, 1.82) is 0 Å². The van der Waals surface area contributed by atoms with E-state index in [0.29, 0.717) is 5.92 Å². The van der Waals surface area contributed by atoms with E-state index in [0.717, 1.165) is 49.8 Å². The fraction of sp³-hybridized carbons (Fsp3) is 0.429. The Kier molecular flexibility index (Phi) is 4.68. The Hall–Kier alpha value is -2.36. The third-order valence-electron chi connectivity index (χ3n) is 5.22. The Balaban J connectivity index is 1.41. The van der Waals surface area contributed by atoms with Crippen LogP contribution >= 0.6 is 0 Å². The SMILES string of the molecule is O=C(/C=C/c1ccccc1)N1CCCC(c2nccn2CC2CC2)C1. The highest BCUT2D eigenvalue weighted by Gasteiger charge is 2.28. The molecule has 0 bridgehead atoms. The normalized spacial score (nSPS) is 21.0. The molecule has 1 atom stereocenters. The van der Waals surface area contributed by atoms with Crippen molar-refractivity contribution in [3.8, 4) is 0 Å². The highest BCUT2D eigenvalue weighted by Crippen LogP contribution is 2.33. The van der Waals surface area contributed by atoms with Crippen LogP contribution in [0.25, 0.3) is 6.08 Å². The second kappa shape index (κ2) is 7.26. The van der Waals surface area contributed by atoms with Crippen LogP contribution in [0.3, 0.4) is 0 Å². The van der Waals surface area contributed by atoms with Gasteiger partial charge in [-0.1, -0.05) is 30.3 Å². The fourth-order valence-corrected chi connectivity index (χ4v) is 3.64. The summed E-state index contributed by atoms with van der Waals surface area (Å²) >= 11 is 0. The molecular formula is C21H25N3O.